The zero-order valence-corrected chi connectivity index (χ0v) is 19.4. The molecule has 3 rings (SSSR count). The van der Waals surface area contributed by atoms with Crippen molar-refractivity contribution in [3.63, 3.8) is 0 Å². The molecule has 1 N–H and O–H groups in total. The zero-order valence-electron chi connectivity index (χ0n) is 17.8. The number of ether oxygens (including phenoxy) is 2. The molecule has 1 aromatic rings. The van der Waals surface area contributed by atoms with Gasteiger partial charge >= 0.3 is 5.97 Å². The van der Waals surface area contributed by atoms with Crippen LogP contribution in [0.4, 0.5) is 0 Å². The number of hydrogen-bond acceptors (Lipinski definition) is 6. The lowest BCUT2D eigenvalue weighted by Crippen LogP contribution is -2.46. The van der Waals surface area contributed by atoms with Crippen LogP contribution in [0.2, 0.25) is 5.02 Å². The number of sulfonamides is 1. The molecule has 0 unspecified atom stereocenters. The quantitative estimate of drug-likeness (QED) is 0.638. The SMILES string of the molecule is C[C@H](OC(=O)c1ccc(Cl)c(S(=O)(=O)N2CCOCC2)c1)C(=O)N[C@@H]1CCCC[C@H]1C. The maximum atomic E-state index is 12.9. The Bertz CT molecular complexity index is 916. The van der Waals surface area contributed by atoms with E-state index in [1.807, 2.05) is 0 Å². The number of rotatable bonds is 6. The first-order valence-corrected chi connectivity index (χ1v) is 12.4. The molecular formula is C21H29ClN2O6S. The topological polar surface area (TPSA) is 102 Å². The lowest BCUT2D eigenvalue weighted by Gasteiger charge is -2.30. The fourth-order valence-electron chi connectivity index (χ4n) is 3.87. The first-order valence-electron chi connectivity index (χ1n) is 10.6. The number of hydrogen-bond donors (Lipinski definition) is 1. The maximum Gasteiger partial charge on any atom is 0.338 e. The second-order valence-electron chi connectivity index (χ2n) is 8.09. The van der Waals surface area contributed by atoms with Crippen LogP contribution >= 0.6 is 11.6 Å². The summed E-state index contributed by atoms with van der Waals surface area (Å²) < 4.78 is 37.6. The van der Waals surface area contributed by atoms with Crippen molar-refractivity contribution < 1.29 is 27.5 Å². The fourth-order valence-corrected chi connectivity index (χ4v) is 5.78. The number of carbonyl (C=O) groups is 2. The lowest BCUT2D eigenvalue weighted by atomic mass is 9.86. The Balaban J connectivity index is 1.68. The van der Waals surface area contributed by atoms with Gasteiger partial charge in [-0.3, -0.25) is 4.79 Å². The zero-order chi connectivity index (χ0) is 22.6. The summed E-state index contributed by atoms with van der Waals surface area (Å²) in [5.74, 6) is -0.763. The van der Waals surface area contributed by atoms with Gasteiger partial charge in [0.1, 0.15) is 4.90 Å². The van der Waals surface area contributed by atoms with E-state index in [0.717, 1.165) is 25.7 Å². The first kappa shape index (κ1) is 24.0. The van der Waals surface area contributed by atoms with E-state index in [4.69, 9.17) is 21.1 Å². The molecule has 1 aromatic carbocycles. The lowest BCUT2D eigenvalue weighted by molar-refractivity contribution is -0.130. The molecule has 1 saturated carbocycles. The predicted octanol–water partition coefficient (Wildman–Crippen LogP) is 2.60. The van der Waals surface area contributed by atoms with Crippen molar-refractivity contribution in [2.45, 2.75) is 56.6 Å². The predicted molar refractivity (Wildman–Crippen MR) is 115 cm³/mol. The van der Waals surface area contributed by atoms with Gasteiger partial charge in [-0.15, -0.1) is 0 Å². The minimum Gasteiger partial charge on any atom is -0.449 e. The van der Waals surface area contributed by atoms with Gasteiger partial charge in [0.2, 0.25) is 10.0 Å². The van der Waals surface area contributed by atoms with E-state index >= 15 is 0 Å². The standard InChI is InChI=1S/C21H29ClN2O6S/c1-14-5-3-4-6-18(14)23-20(25)15(2)30-21(26)16-7-8-17(22)19(13-16)31(27,28)24-9-11-29-12-10-24/h7-8,13-15,18H,3-6,9-12H2,1-2H3,(H,23,25)/t14-,15+,18-/m1/s1. The monoisotopic (exact) mass is 472 g/mol. The van der Waals surface area contributed by atoms with E-state index < -0.39 is 22.1 Å². The maximum absolute atomic E-state index is 12.9. The Labute approximate surface area is 188 Å². The molecule has 8 nitrogen and oxygen atoms in total. The fraction of sp³-hybridized carbons (Fsp3) is 0.619. The van der Waals surface area contributed by atoms with Crippen LogP contribution < -0.4 is 5.32 Å². The first-order chi connectivity index (χ1) is 14.7. The van der Waals surface area contributed by atoms with Crippen LogP contribution in [0, 0.1) is 5.92 Å². The van der Waals surface area contributed by atoms with Crippen molar-refractivity contribution in [1.29, 1.82) is 0 Å². The number of nitrogens with one attached hydrogen (secondary N) is 1. The minimum absolute atomic E-state index is 0.0140. The van der Waals surface area contributed by atoms with Crippen LogP contribution in [0.3, 0.4) is 0 Å². The molecule has 2 aliphatic rings. The molecular weight excluding hydrogens is 444 g/mol. The van der Waals surface area contributed by atoms with Gasteiger partial charge in [0.15, 0.2) is 6.10 Å². The van der Waals surface area contributed by atoms with Gasteiger partial charge in [0.05, 0.1) is 23.8 Å². The van der Waals surface area contributed by atoms with Gasteiger partial charge in [-0.05, 0) is 43.9 Å². The normalized spacial score (nSPS) is 23.7. The minimum atomic E-state index is -3.88. The third-order valence-electron chi connectivity index (χ3n) is 5.85. The highest BCUT2D eigenvalue weighted by atomic mass is 35.5. The molecule has 0 spiro atoms. The van der Waals surface area contributed by atoms with Gasteiger partial charge in [-0.25, -0.2) is 13.2 Å². The molecule has 3 atom stereocenters. The van der Waals surface area contributed by atoms with Gasteiger partial charge in [0, 0.05) is 19.1 Å². The average molecular weight is 473 g/mol. The smallest absolute Gasteiger partial charge is 0.338 e. The third kappa shape index (κ3) is 5.77. The Morgan fingerprint density at radius 3 is 2.58 bits per heavy atom. The number of morpholine rings is 1. The molecule has 1 saturated heterocycles. The second-order valence-corrected chi connectivity index (χ2v) is 10.4. The summed E-state index contributed by atoms with van der Waals surface area (Å²) in [7, 11) is -3.88. The van der Waals surface area contributed by atoms with Crippen molar-refractivity contribution in [3.05, 3.63) is 28.8 Å². The van der Waals surface area contributed by atoms with Gasteiger partial charge < -0.3 is 14.8 Å². The summed E-state index contributed by atoms with van der Waals surface area (Å²) in [4.78, 5) is 24.9. The third-order valence-corrected chi connectivity index (χ3v) is 8.23. The summed E-state index contributed by atoms with van der Waals surface area (Å²) in [5.41, 5.74) is 0.0157. The molecule has 1 aliphatic heterocycles. The molecule has 0 bridgehead atoms. The number of benzene rings is 1. The van der Waals surface area contributed by atoms with Crippen molar-refractivity contribution in [3.8, 4) is 0 Å². The van der Waals surface area contributed by atoms with E-state index in [1.54, 1.807) is 0 Å². The van der Waals surface area contributed by atoms with Gasteiger partial charge in [-0.2, -0.15) is 4.31 Å². The average Bonchev–Trinajstić information content (AvgIpc) is 2.76. The molecule has 1 aliphatic carbocycles. The van der Waals surface area contributed by atoms with Crippen molar-refractivity contribution in [2.24, 2.45) is 5.92 Å². The Morgan fingerprint density at radius 1 is 1.23 bits per heavy atom. The Morgan fingerprint density at radius 2 is 1.90 bits per heavy atom. The second kappa shape index (κ2) is 10.3. The van der Waals surface area contributed by atoms with E-state index in [-0.39, 0.29) is 40.5 Å². The molecule has 1 amide bonds. The molecule has 172 valence electrons. The number of nitrogens with zero attached hydrogens (tertiary/aromatic N) is 1. The van der Waals surface area contributed by atoms with Crippen LogP contribution in [-0.4, -0.2) is 63.0 Å². The van der Waals surface area contributed by atoms with Crippen LogP contribution in [0.15, 0.2) is 23.1 Å². The Hall–Kier alpha value is -1.68. The molecule has 31 heavy (non-hydrogen) atoms. The highest BCUT2D eigenvalue weighted by Gasteiger charge is 2.30. The largest absolute Gasteiger partial charge is 0.449 e. The van der Waals surface area contributed by atoms with Crippen molar-refractivity contribution in [1.82, 2.24) is 9.62 Å². The van der Waals surface area contributed by atoms with Crippen LogP contribution in [-0.2, 0) is 24.3 Å². The van der Waals surface area contributed by atoms with Gasteiger partial charge in [0.25, 0.3) is 5.91 Å². The number of carbonyl (C=O) groups excluding carboxylic acids is 2. The Kier molecular flexibility index (Phi) is 7.96. The van der Waals surface area contributed by atoms with Crippen molar-refractivity contribution in [2.75, 3.05) is 26.3 Å². The molecule has 1 heterocycles. The molecule has 2 fully saturated rings. The number of esters is 1. The summed E-state index contributed by atoms with van der Waals surface area (Å²) in [6, 6.07) is 4.00. The van der Waals surface area contributed by atoms with E-state index in [2.05, 4.69) is 12.2 Å². The van der Waals surface area contributed by atoms with Crippen LogP contribution in [0.5, 0.6) is 0 Å². The summed E-state index contributed by atoms with van der Waals surface area (Å²) in [6.45, 7) is 4.62. The number of amides is 1. The van der Waals surface area contributed by atoms with Crippen LogP contribution in [0.25, 0.3) is 0 Å². The highest BCUT2D eigenvalue weighted by Crippen LogP contribution is 2.27. The number of halogens is 1. The summed E-state index contributed by atoms with van der Waals surface area (Å²) >= 11 is 6.13. The molecule has 0 aromatic heterocycles. The van der Waals surface area contributed by atoms with E-state index in [1.165, 1.54) is 29.4 Å². The highest BCUT2D eigenvalue weighted by molar-refractivity contribution is 7.89. The van der Waals surface area contributed by atoms with Crippen LogP contribution in [0.1, 0.15) is 49.9 Å². The molecule has 10 heteroatoms. The molecule has 0 radical (unpaired) electrons. The van der Waals surface area contributed by atoms with Crippen molar-refractivity contribution >= 4 is 33.5 Å². The van der Waals surface area contributed by atoms with Gasteiger partial charge in [-0.1, -0.05) is 31.4 Å². The summed E-state index contributed by atoms with van der Waals surface area (Å²) in [6.07, 6.45) is 3.19. The van der Waals surface area contributed by atoms with E-state index in [9.17, 15) is 18.0 Å². The van der Waals surface area contributed by atoms with E-state index in [0.29, 0.717) is 19.1 Å². The summed E-state index contributed by atoms with van der Waals surface area (Å²) in [5, 5.41) is 2.98.